The molecule has 0 aliphatic rings. The lowest BCUT2D eigenvalue weighted by Crippen LogP contribution is -2.39. The van der Waals surface area contributed by atoms with Crippen molar-refractivity contribution in [2.24, 2.45) is 5.92 Å². The number of nitrogens with one attached hydrogen (secondary N) is 1. The smallest absolute Gasteiger partial charge is 0.307 e. The summed E-state index contributed by atoms with van der Waals surface area (Å²) in [6, 6.07) is 7.67. The largest absolute Gasteiger partial charge is 0.481 e. The highest BCUT2D eigenvalue weighted by molar-refractivity contribution is 9.10. The predicted molar refractivity (Wildman–Crippen MR) is 85.0 cm³/mol. The van der Waals surface area contributed by atoms with Crippen LogP contribution in [0.5, 0.6) is 0 Å². The Hall–Kier alpha value is -1.40. The van der Waals surface area contributed by atoms with Crippen molar-refractivity contribution >= 4 is 27.8 Å². The number of amides is 1. The molecule has 0 aliphatic heterocycles. The van der Waals surface area contributed by atoms with Crippen molar-refractivity contribution in [1.82, 2.24) is 10.2 Å². The highest BCUT2D eigenvalue weighted by Gasteiger charge is 2.16. The van der Waals surface area contributed by atoms with E-state index in [1.807, 2.05) is 31.2 Å². The summed E-state index contributed by atoms with van der Waals surface area (Å²) in [7, 11) is 1.74. The number of carboxylic acids is 1. The van der Waals surface area contributed by atoms with Gasteiger partial charge < -0.3 is 10.4 Å². The van der Waals surface area contributed by atoms with Crippen LogP contribution in [0.25, 0.3) is 0 Å². The van der Waals surface area contributed by atoms with E-state index >= 15 is 0 Å². The van der Waals surface area contributed by atoms with Crippen LogP contribution in [0.1, 0.15) is 25.5 Å². The van der Waals surface area contributed by atoms with E-state index in [2.05, 4.69) is 21.2 Å². The molecule has 1 amide bonds. The van der Waals surface area contributed by atoms with E-state index in [-0.39, 0.29) is 18.5 Å². The summed E-state index contributed by atoms with van der Waals surface area (Å²) >= 11 is 3.37. The Morgan fingerprint density at radius 3 is 2.38 bits per heavy atom. The Labute approximate surface area is 133 Å². The molecule has 6 heteroatoms. The first-order chi connectivity index (χ1) is 9.79. The molecule has 1 aromatic rings. The fourth-order valence-corrected chi connectivity index (χ4v) is 2.24. The van der Waals surface area contributed by atoms with Gasteiger partial charge in [0, 0.05) is 11.0 Å². The maximum atomic E-state index is 11.9. The van der Waals surface area contributed by atoms with E-state index < -0.39 is 11.9 Å². The van der Waals surface area contributed by atoms with Gasteiger partial charge >= 0.3 is 5.97 Å². The molecule has 0 spiro atoms. The summed E-state index contributed by atoms with van der Waals surface area (Å²) in [5, 5.41) is 11.8. The molecule has 0 saturated carbocycles. The Morgan fingerprint density at radius 1 is 1.29 bits per heavy atom. The van der Waals surface area contributed by atoms with E-state index in [9.17, 15) is 9.59 Å². The topological polar surface area (TPSA) is 69.6 Å². The van der Waals surface area contributed by atoms with Crippen LogP contribution in [0.3, 0.4) is 0 Å². The monoisotopic (exact) mass is 356 g/mol. The van der Waals surface area contributed by atoms with Crippen molar-refractivity contribution in [3.63, 3.8) is 0 Å². The minimum atomic E-state index is -0.856. The molecule has 21 heavy (non-hydrogen) atoms. The van der Waals surface area contributed by atoms with Crippen LogP contribution in [0.2, 0.25) is 0 Å². The standard InChI is InChI=1S/C15H21BrN2O3/c1-10(15(20)21)8-18(3)9-14(19)17-11(2)12-4-6-13(16)7-5-12/h4-7,10-11H,8-9H2,1-3H3,(H,17,19)(H,20,21). The number of nitrogens with zero attached hydrogens (tertiary/aromatic N) is 1. The van der Waals surface area contributed by atoms with Crippen LogP contribution >= 0.6 is 15.9 Å². The first kappa shape index (κ1) is 17.7. The third-order valence-electron chi connectivity index (χ3n) is 3.17. The molecule has 0 bridgehead atoms. The SMILES string of the molecule is CC(CN(C)CC(=O)NC(C)c1ccc(Br)cc1)C(=O)O. The third-order valence-corrected chi connectivity index (χ3v) is 3.70. The fraction of sp³-hybridized carbons (Fsp3) is 0.467. The third kappa shape index (κ3) is 6.27. The van der Waals surface area contributed by atoms with E-state index in [4.69, 9.17) is 5.11 Å². The van der Waals surface area contributed by atoms with Crippen LogP contribution in [0, 0.1) is 5.92 Å². The Balaban J connectivity index is 2.45. The number of carboxylic acid groups (broad SMARTS) is 1. The molecule has 0 fully saturated rings. The predicted octanol–water partition coefficient (Wildman–Crippen LogP) is 2.28. The number of likely N-dealkylation sites (N-methyl/N-ethyl adjacent to an activating group) is 1. The fourth-order valence-electron chi connectivity index (χ4n) is 1.98. The van der Waals surface area contributed by atoms with Gasteiger partial charge in [-0.05, 0) is 31.7 Å². The van der Waals surface area contributed by atoms with Gasteiger partial charge in [0.25, 0.3) is 0 Å². The second-order valence-electron chi connectivity index (χ2n) is 5.28. The normalized spacial score (nSPS) is 13.8. The summed E-state index contributed by atoms with van der Waals surface area (Å²) in [6.45, 7) is 4.07. The molecule has 0 radical (unpaired) electrons. The maximum Gasteiger partial charge on any atom is 0.307 e. The van der Waals surface area contributed by atoms with Crippen molar-refractivity contribution in [3.8, 4) is 0 Å². The number of carbonyl (C=O) groups is 2. The number of hydrogen-bond donors (Lipinski definition) is 2. The molecule has 2 unspecified atom stereocenters. The van der Waals surface area contributed by atoms with Gasteiger partial charge in [-0.3, -0.25) is 14.5 Å². The number of rotatable bonds is 7. The Morgan fingerprint density at radius 2 is 1.86 bits per heavy atom. The molecule has 0 aromatic heterocycles. The Kier molecular flexibility index (Phi) is 6.84. The van der Waals surface area contributed by atoms with Crippen LogP contribution in [-0.4, -0.2) is 42.0 Å². The number of aliphatic carboxylic acids is 1. The van der Waals surface area contributed by atoms with Gasteiger partial charge in [-0.1, -0.05) is 35.0 Å². The molecular weight excluding hydrogens is 336 g/mol. The van der Waals surface area contributed by atoms with Crippen molar-refractivity contribution < 1.29 is 14.7 Å². The van der Waals surface area contributed by atoms with E-state index in [0.29, 0.717) is 6.54 Å². The number of carbonyl (C=O) groups excluding carboxylic acids is 1. The van der Waals surface area contributed by atoms with Gasteiger partial charge in [0.15, 0.2) is 0 Å². The molecule has 2 N–H and O–H groups in total. The van der Waals surface area contributed by atoms with E-state index in [0.717, 1.165) is 10.0 Å². The quantitative estimate of drug-likeness (QED) is 0.786. The number of hydrogen-bond acceptors (Lipinski definition) is 3. The summed E-state index contributed by atoms with van der Waals surface area (Å²) in [5.74, 6) is -1.47. The lowest BCUT2D eigenvalue weighted by Gasteiger charge is -2.20. The zero-order valence-electron chi connectivity index (χ0n) is 12.5. The zero-order valence-corrected chi connectivity index (χ0v) is 14.1. The van der Waals surface area contributed by atoms with E-state index in [1.165, 1.54) is 0 Å². The summed E-state index contributed by atoms with van der Waals surface area (Å²) in [6.07, 6.45) is 0. The van der Waals surface area contributed by atoms with Crippen LogP contribution < -0.4 is 5.32 Å². The van der Waals surface area contributed by atoms with Crippen LogP contribution in [0.15, 0.2) is 28.7 Å². The van der Waals surface area contributed by atoms with Crippen molar-refractivity contribution in [1.29, 1.82) is 0 Å². The molecule has 0 heterocycles. The summed E-state index contributed by atoms with van der Waals surface area (Å²) in [4.78, 5) is 24.4. The highest BCUT2D eigenvalue weighted by atomic mass is 79.9. The average molecular weight is 357 g/mol. The van der Waals surface area contributed by atoms with Crippen LogP contribution in [-0.2, 0) is 9.59 Å². The van der Waals surface area contributed by atoms with Gasteiger partial charge in [-0.15, -0.1) is 0 Å². The first-order valence-corrected chi connectivity index (χ1v) is 7.55. The molecule has 116 valence electrons. The van der Waals surface area contributed by atoms with Gasteiger partial charge in [0.2, 0.25) is 5.91 Å². The summed E-state index contributed by atoms with van der Waals surface area (Å²) in [5.41, 5.74) is 1.02. The average Bonchev–Trinajstić information content (AvgIpc) is 2.38. The maximum absolute atomic E-state index is 11.9. The minimum absolute atomic E-state index is 0.0871. The van der Waals surface area contributed by atoms with E-state index in [1.54, 1.807) is 18.9 Å². The number of halogens is 1. The van der Waals surface area contributed by atoms with Gasteiger partial charge in [-0.2, -0.15) is 0 Å². The lowest BCUT2D eigenvalue weighted by atomic mass is 10.1. The summed E-state index contributed by atoms with van der Waals surface area (Å²) < 4.78 is 0.993. The molecule has 0 aliphatic carbocycles. The molecular formula is C15H21BrN2O3. The van der Waals surface area contributed by atoms with Gasteiger partial charge in [-0.25, -0.2) is 0 Å². The van der Waals surface area contributed by atoms with Crippen molar-refractivity contribution in [2.75, 3.05) is 20.1 Å². The Bertz CT molecular complexity index is 490. The molecule has 5 nitrogen and oxygen atoms in total. The van der Waals surface area contributed by atoms with Crippen LogP contribution in [0.4, 0.5) is 0 Å². The second kappa shape index (κ2) is 8.14. The molecule has 1 rings (SSSR count). The van der Waals surface area contributed by atoms with Gasteiger partial charge in [0.05, 0.1) is 18.5 Å². The number of benzene rings is 1. The minimum Gasteiger partial charge on any atom is -0.481 e. The van der Waals surface area contributed by atoms with Crippen molar-refractivity contribution in [3.05, 3.63) is 34.3 Å². The van der Waals surface area contributed by atoms with Gasteiger partial charge in [0.1, 0.15) is 0 Å². The second-order valence-corrected chi connectivity index (χ2v) is 6.19. The highest BCUT2D eigenvalue weighted by Crippen LogP contribution is 2.16. The van der Waals surface area contributed by atoms with Crippen molar-refractivity contribution in [2.45, 2.75) is 19.9 Å². The zero-order chi connectivity index (χ0) is 16.0. The molecule has 1 aromatic carbocycles. The molecule has 2 atom stereocenters. The molecule has 0 saturated heterocycles. The first-order valence-electron chi connectivity index (χ1n) is 6.75. The lowest BCUT2D eigenvalue weighted by molar-refractivity contribution is -0.142.